The second-order valence-electron chi connectivity index (χ2n) is 5.34. The maximum atomic E-state index is 9.88. The van der Waals surface area contributed by atoms with Crippen LogP contribution < -0.4 is 0 Å². The molecule has 2 aliphatic rings. The maximum absolute atomic E-state index is 9.88. The van der Waals surface area contributed by atoms with E-state index < -0.39 is 14.9 Å². The van der Waals surface area contributed by atoms with Crippen LogP contribution >= 0.6 is 23.5 Å². The topological polar surface area (TPSA) is 95.2 Å². The summed E-state index contributed by atoms with van der Waals surface area (Å²) in [6.45, 7) is 0. The van der Waals surface area contributed by atoms with Gasteiger partial charge in [0.25, 0.3) is 0 Å². The summed E-state index contributed by atoms with van der Waals surface area (Å²) in [5.41, 5.74) is -2.48. The number of hydrogen-bond donors (Lipinski definition) is 0. The van der Waals surface area contributed by atoms with E-state index in [0.717, 1.165) is 11.3 Å². The lowest BCUT2D eigenvalue weighted by atomic mass is 9.60. The van der Waals surface area contributed by atoms with Gasteiger partial charge in [0.15, 0.2) is 5.41 Å². The molecule has 0 aromatic heterocycles. The van der Waals surface area contributed by atoms with E-state index in [4.69, 9.17) is 0 Å². The summed E-state index contributed by atoms with van der Waals surface area (Å²) in [7, 11) is 0. The highest BCUT2D eigenvalue weighted by Crippen LogP contribution is 2.73. The lowest BCUT2D eigenvalue weighted by Gasteiger charge is -2.47. The van der Waals surface area contributed by atoms with Crippen molar-refractivity contribution in [2.75, 3.05) is 5.75 Å². The predicted octanol–water partition coefficient (Wildman–Crippen LogP) is 3.16. The first-order chi connectivity index (χ1) is 10.6. The van der Waals surface area contributed by atoms with Crippen LogP contribution in [0.3, 0.4) is 0 Å². The standard InChI is InChI=1S/C16H10N4S2/c17-8-14(9-18)6-13-7-21-16(22-13,15(14,10-19)11-20)12-4-2-1-3-5-12/h1-5,13H,6-7H2/t13-,16-/m0/s1. The highest BCUT2D eigenvalue weighted by Gasteiger charge is 2.74. The molecule has 6 heteroatoms. The zero-order valence-corrected chi connectivity index (χ0v) is 13.1. The Balaban J connectivity index is 2.35. The van der Waals surface area contributed by atoms with Gasteiger partial charge in [0.1, 0.15) is 4.08 Å². The Hall–Kier alpha value is -2.12. The summed E-state index contributed by atoms with van der Waals surface area (Å²) >= 11 is 3.08. The quantitative estimate of drug-likeness (QED) is 0.788. The van der Waals surface area contributed by atoms with E-state index in [1.54, 1.807) is 11.8 Å². The fourth-order valence-electron chi connectivity index (χ4n) is 3.26. The summed E-state index contributed by atoms with van der Waals surface area (Å²) < 4.78 is -0.897. The lowest BCUT2D eigenvalue weighted by Crippen LogP contribution is -2.53. The van der Waals surface area contributed by atoms with Gasteiger partial charge in [0, 0.05) is 11.0 Å². The summed E-state index contributed by atoms with van der Waals surface area (Å²) in [5.74, 6) is 0.732. The SMILES string of the molecule is N#CC1(C#N)C[C@H]2CS[C@@](c3ccccc3)(S2)C1(C#N)C#N. The van der Waals surface area contributed by atoms with Crippen molar-refractivity contribution in [3.63, 3.8) is 0 Å². The average Bonchev–Trinajstić information content (AvgIpc) is 2.97. The molecule has 106 valence electrons. The van der Waals surface area contributed by atoms with E-state index in [1.165, 1.54) is 11.8 Å². The lowest BCUT2D eigenvalue weighted by molar-refractivity contribution is 0.250. The van der Waals surface area contributed by atoms with Crippen molar-refractivity contribution in [2.45, 2.75) is 15.7 Å². The second kappa shape index (κ2) is 4.96. The number of benzene rings is 1. The molecule has 2 bridgehead atoms. The summed E-state index contributed by atoms with van der Waals surface area (Å²) in [5, 5.41) is 39.2. The molecular formula is C16H10N4S2. The molecule has 2 saturated heterocycles. The summed E-state index contributed by atoms with van der Waals surface area (Å²) in [6, 6.07) is 17.5. The van der Waals surface area contributed by atoms with Gasteiger partial charge >= 0.3 is 0 Å². The Morgan fingerprint density at radius 1 is 0.955 bits per heavy atom. The fourth-order valence-corrected chi connectivity index (χ4v) is 7.46. The van der Waals surface area contributed by atoms with E-state index >= 15 is 0 Å². The zero-order chi connectivity index (χ0) is 15.8. The maximum Gasteiger partial charge on any atom is 0.203 e. The van der Waals surface area contributed by atoms with Gasteiger partial charge in [0.2, 0.25) is 5.41 Å². The number of nitrogens with zero attached hydrogens (tertiary/aromatic N) is 4. The summed E-state index contributed by atoms with van der Waals surface area (Å²) in [4.78, 5) is 0. The van der Waals surface area contributed by atoms with Crippen LogP contribution in [0.5, 0.6) is 0 Å². The third-order valence-corrected chi connectivity index (χ3v) is 8.25. The van der Waals surface area contributed by atoms with E-state index in [9.17, 15) is 21.0 Å². The van der Waals surface area contributed by atoms with Gasteiger partial charge in [-0.15, -0.1) is 23.5 Å². The van der Waals surface area contributed by atoms with Crippen molar-refractivity contribution < 1.29 is 0 Å². The van der Waals surface area contributed by atoms with Gasteiger partial charge in [-0.1, -0.05) is 30.3 Å². The Kier molecular flexibility index (Phi) is 3.34. The van der Waals surface area contributed by atoms with Gasteiger partial charge in [-0.2, -0.15) is 21.0 Å². The van der Waals surface area contributed by atoms with Crippen molar-refractivity contribution in [1.82, 2.24) is 0 Å². The average molecular weight is 322 g/mol. The van der Waals surface area contributed by atoms with Gasteiger partial charge < -0.3 is 0 Å². The van der Waals surface area contributed by atoms with Gasteiger partial charge in [-0.25, -0.2) is 0 Å². The van der Waals surface area contributed by atoms with E-state index in [2.05, 4.69) is 12.1 Å². The van der Waals surface area contributed by atoms with Crippen LogP contribution in [0.15, 0.2) is 30.3 Å². The molecule has 22 heavy (non-hydrogen) atoms. The number of hydrogen-bond acceptors (Lipinski definition) is 6. The molecule has 0 saturated carbocycles. The molecule has 2 fully saturated rings. The fraction of sp³-hybridized carbons (Fsp3) is 0.375. The minimum absolute atomic E-state index is 0.0966. The van der Waals surface area contributed by atoms with Crippen LogP contribution in [0.2, 0.25) is 0 Å². The Morgan fingerprint density at radius 3 is 2.14 bits per heavy atom. The third-order valence-electron chi connectivity index (χ3n) is 4.34. The second-order valence-corrected chi connectivity index (χ2v) is 8.35. The molecule has 0 aliphatic carbocycles. The van der Waals surface area contributed by atoms with Crippen molar-refractivity contribution >= 4 is 23.5 Å². The van der Waals surface area contributed by atoms with Crippen LogP contribution in [-0.4, -0.2) is 11.0 Å². The molecule has 0 spiro atoms. The first kappa shape index (κ1) is 14.8. The molecule has 3 rings (SSSR count). The predicted molar refractivity (Wildman–Crippen MR) is 83.9 cm³/mol. The first-order valence-corrected chi connectivity index (χ1v) is 8.52. The van der Waals surface area contributed by atoms with Crippen molar-refractivity contribution in [3.05, 3.63) is 35.9 Å². The molecule has 0 N–H and O–H groups in total. The zero-order valence-electron chi connectivity index (χ0n) is 11.5. The Bertz CT molecular complexity index is 750. The molecule has 2 atom stereocenters. The Labute approximate surface area is 137 Å². The first-order valence-electron chi connectivity index (χ1n) is 6.66. The minimum atomic E-state index is -1.70. The normalized spacial score (nSPS) is 30.3. The molecule has 1 aromatic rings. The van der Waals surface area contributed by atoms with Crippen molar-refractivity contribution in [1.29, 1.82) is 21.0 Å². The van der Waals surface area contributed by atoms with Gasteiger partial charge in [-0.3, -0.25) is 0 Å². The third kappa shape index (κ3) is 1.52. The van der Waals surface area contributed by atoms with Gasteiger partial charge in [-0.05, 0) is 12.0 Å². The van der Waals surface area contributed by atoms with E-state index in [0.29, 0.717) is 0 Å². The summed E-state index contributed by atoms with van der Waals surface area (Å²) in [6.07, 6.45) is 0.257. The molecule has 0 radical (unpaired) electrons. The van der Waals surface area contributed by atoms with Crippen LogP contribution in [-0.2, 0) is 4.08 Å². The molecule has 0 unspecified atom stereocenters. The number of rotatable bonds is 1. The highest BCUT2D eigenvalue weighted by molar-refractivity contribution is 8.21. The Morgan fingerprint density at radius 2 is 1.59 bits per heavy atom. The molecule has 1 aromatic carbocycles. The highest BCUT2D eigenvalue weighted by atomic mass is 32.2. The largest absolute Gasteiger partial charge is 0.203 e. The van der Waals surface area contributed by atoms with Crippen LogP contribution in [0.4, 0.5) is 0 Å². The van der Waals surface area contributed by atoms with E-state index in [1.807, 2.05) is 42.5 Å². The number of nitriles is 4. The smallest absolute Gasteiger partial charge is 0.196 e. The van der Waals surface area contributed by atoms with Crippen LogP contribution in [0, 0.1) is 56.2 Å². The van der Waals surface area contributed by atoms with Crippen LogP contribution in [0.25, 0.3) is 0 Å². The molecule has 4 nitrogen and oxygen atoms in total. The van der Waals surface area contributed by atoms with Gasteiger partial charge in [0.05, 0.1) is 24.3 Å². The minimum Gasteiger partial charge on any atom is -0.196 e. The van der Waals surface area contributed by atoms with Crippen LogP contribution in [0.1, 0.15) is 12.0 Å². The van der Waals surface area contributed by atoms with Crippen molar-refractivity contribution in [2.24, 2.45) is 10.8 Å². The van der Waals surface area contributed by atoms with E-state index in [-0.39, 0.29) is 11.7 Å². The van der Waals surface area contributed by atoms with Crippen molar-refractivity contribution in [3.8, 4) is 24.3 Å². The molecule has 0 amide bonds. The number of fused-ring (bicyclic) bond motifs is 2. The number of thioether (sulfide) groups is 2. The molecule has 2 aliphatic heterocycles. The monoisotopic (exact) mass is 322 g/mol. The molecular weight excluding hydrogens is 312 g/mol. The molecule has 2 heterocycles.